The number of hydrogen-bond donors (Lipinski definition) is 0. The van der Waals surface area contributed by atoms with Crippen molar-refractivity contribution in [1.29, 1.82) is 0 Å². The fourth-order valence-electron chi connectivity index (χ4n) is 0.308. The largest absolute Gasteiger partial charge is 0.449 e. The molecule has 0 saturated heterocycles. The van der Waals surface area contributed by atoms with E-state index < -0.39 is 5.97 Å². The normalized spacial score (nSPS) is 8.70. The molecule has 0 saturated carbocycles. The van der Waals surface area contributed by atoms with E-state index in [2.05, 4.69) is 17.2 Å². The van der Waals surface area contributed by atoms with Crippen LogP contribution in [0.4, 0.5) is 0 Å². The quantitative estimate of drug-likeness (QED) is 0.249. The van der Waals surface area contributed by atoms with E-state index in [1.54, 1.807) is 0 Å². The van der Waals surface area contributed by atoms with Gasteiger partial charge in [-0.3, -0.25) is 0 Å². The molecule has 0 heterocycles. The molecule has 0 rings (SSSR count). The Morgan fingerprint density at radius 2 is 2.50 bits per heavy atom. The van der Waals surface area contributed by atoms with Gasteiger partial charge >= 0.3 is 5.97 Å². The minimum absolute atomic E-state index is 0.0142. The fourth-order valence-corrected chi connectivity index (χ4v) is 0.308. The summed E-state index contributed by atoms with van der Waals surface area (Å²) in [5.74, 6) is 1.73. The Labute approximate surface area is 60.2 Å². The second kappa shape index (κ2) is 5.64. The fraction of sp³-hybridized carbons (Fsp3) is 0.125. The lowest BCUT2D eigenvalue weighted by Crippen LogP contribution is -1.99. The lowest BCUT2D eigenvalue weighted by molar-refractivity contribution is -0.136. The highest BCUT2D eigenvalue weighted by Gasteiger charge is 1.90. The summed E-state index contributed by atoms with van der Waals surface area (Å²) in [5.41, 5.74) is 0. The van der Waals surface area contributed by atoms with Gasteiger partial charge in [0, 0.05) is 6.08 Å². The predicted octanol–water partition coefficient (Wildman–Crippen LogP) is 0.905. The number of carbonyl (C=O) groups is 1. The second-order valence-electron chi connectivity index (χ2n) is 1.41. The maximum atomic E-state index is 10.5. The van der Waals surface area contributed by atoms with E-state index in [-0.39, 0.29) is 6.61 Å². The Bertz CT molecular complexity index is 184. The van der Waals surface area contributed by atoms with Crippen LogP contribution in [0.15, 0.2) is 24.8 Å². The highest BCUT2D eigenvalue weighted by atomic mass is 16.5. The Morgan fingerprint density at radius 1 is 1.80 bits per heavy atom. The molecule has 0 aliphatic heterocycles. The van der Waals surface area contributed by atoms with Crippen LogP contribution in [0.5, 0.6) is 0 Å². The van der Waals surface area contributed by atoms with Gasteiger partial charge in [0.25, 0.3) is 0 Å². The number of allylic oxidation sites excluding steroid dienone is 2. The van der Waals surface area contributed by atoms with Crippen LogP contribution in [0.1, 0.15) is 0 Å². The average molecular weight is 136 g/mol. The first kappa shape index (κ1) is 8.51. The van der Waals surface area contributed by atoms with Gasteiger partial charge in [0.15, 0.2) is 6.61 Å². The predicted molar refractivity (Wildman–Crippen MR) is 39.1 cm³/mol. The molecule has 52 valence electrons. The first-order chi connectivity index (χ1) is 4.81. The zero-order valence-corrected chi connectivity index (χ0v) is 5.54. The summed E-state index contributed by atoms with van der Waals surface area (Å²) in [5, 5.41) is 0. The SMILES string of the molecule is C#CCOC(=O)/C=C/C=C. The van der Waals surface area contributed by atoms with Crippen LogP contribution in [-0.2, 0) is 9.53 Å². The van der Waals surface area contributed by atoms with Gasteiger partial charge in [-0.2, -0.15) is 0 Å². The van der Waals surface area contributed by atoms with Crippen molar-refractivity contribution in [2.24, 2.45) is 0 Å². The molecule has 0 amide bonds. The molecule has 2 heteroatoms. The molecule has 0 aliphatic carbocycles. The Morgan fingerprint density at radius 3 is 3.00 bits per heavy atom. The Balaban J connectivity index is 3.55. The van der Waals surface area contributed by atoms with Gasteiger partial charge in [0.2, 0.25) is 0 Å². The molecule has 0 radical (unpaired) electrons. The van der Waals surface area contributed by atoms with E-state index >= 15 is 0 Å². The zero-order chi connectivity index (χ0) is 7.82. The standard InChI is InChI=1S/C8H8O2/c1-3-5-6-8(9)10-7-4-2/h2-3,5-6H,1,7H2/b6-5+. The van der Waals surface area contributed by atoms with Gasteiger partial charge in [-0.15, -0.1) is 6.42 Å². The van der Waals surface area contributed by atoms with Crippen LogP contribution in [-0.4, -0.2) is 12.6 Å². The molecule has 0 aromatic carbocycles. The lowest BCUT2D eigenvalue weighted by atomic mass is 10.5. The number of esters is 1. The van der Waals surface area contributed by atoms with Crippen molar-refractivity contribution < 1.29 is 9.53 Å². The molecule has 0 aromatic rings. The summed E-state index contributed by atoms with van der Waals surface area (Å²) in [6.07, 6.45) is 9.06. The maximum absolute atomic E-state index is 10.5. The third-order valence-electron chi connectivity index (χ3n) is 0.666. The molecular weight excluding hydrogens is 128 g/mol. The van der Waals surface area contributed by atoms with Crippen molar-refractivity contribution in [3.63, 3.8) is 0 Å². The summed E-state index contributed by atoms with van der Waals surface area (Å²) in [4.78, 5) is 10.5. The molecule has 0 fully saturated rings. The first-order valence-corrected chi connectivity index (χ1v) is 2.70. The van der Waals surface area contributed by atoms with Gasteiger partial charge in [0.1, 0.15) is 0 Å². The average Bonchev–Trinajstić information content (AvgIpc) is 1.97. The molecular formula is C8H8O2. The van der Waals surface area contributed by atoms with Crippen molar-refractivity contribution in [1.82, 2.24) is 0 Å². The van der Waals surface area contributed by atoms with Gasteiger partial charge in [0.05, 0.1) is 0 Å². The number of terminal acetylenes is 1. The molecule has 0 spiro atoms. The zero-order valence-electron chi connectivity index (χ0n) is 5.54. The van der Waals surface area contributed by atoms with Crippen molar-refractivity contribution in [2.75, 3.05) is 6.61 Å². The lowest BCUT2D eigenvalue weighted by Gasteiger charge is -1.91. The highest BCUT2D eigenvalue weighted by molar-refractivity contribution is 5.82. The van der Waals surface area contributed by atoms with Crippen LogP contribution in [0.2, 0.25) is 0 Å². The van der Waals surface area contributed by atoms with Crippen LogP contribution in [0.3, 0.4) is 0 Å². The Hall–Kier alpha value is -1.49. The van der Waals surface area contributed by atoms with Gasteiger partial charge in [-0.05, 0) is 0 Å². The summed E-state index contributed by atoms with van der Waals surface area (Å²) in [6, 6.07) is 0. The topological polar surface area (TPSA) is 26.3 Å². The van der Waals surface area contributed by atoms with Crippen LogP contribution in [0, 0.1) is 12.3 Å². The van der Waals surface area contributed by atoms with Gasteiger partial charge < -0.3 is 4.74 Å². The third kappa shape index (κ3) is 4.66. The molecule has 0 aliphatic rings. The second-order valence-corrected chi connectivity index (χ2v) is 1.41. The molecule has 10 heavy (non-hydrogen) atoms. The van der Waals surface area contributed by atoms with Crippen LogP contribution < -0.4 is 0 Å². The number of hydrogen-bond acceptors (Lipinski definition) is 2. The highest BCUT2D eigenvalue weighted by Crippen LogP contribution is 1.80. The van der Waals surface area contributed by atoms with Crippen LogP contribution in [0.25, 0.3) is 0 Å². The first-order valence-electron chi connectivity index (χ1n) is 2.70. The number of carbonyl (C=O) groups excluding carboxylic acids is 1. The molecule has 0 unspecified atom stereocenters. The summed E-state index contributed by atoms with van der Waals surface area (Å²) in [6.45, 7) is 3.39. The molecule has 0 aromatic heterocycles. The van der Waals surface area contributed by atoms with Crippen molar-refractivity contribution in [2.45, 2.75) is 0 Å². The summed E-state index contributed by atoms with van der Waals surface area (Å²) < 4.78 is 4.48. The maximum Gasteiger partial charge on any atom is 0.331 e. The van der Waals surface area contributed by atoms with E-state index in [0.717, 1.165) is 0 Å². The van der Waals surface area contributed by atoms with Crippen molar-refractivity contribution >= 4 is 5.97 Å². The molecule has 0 N–H and O–H groups in total. The summed E-state index contributed by atoms with van der Waals surface area (Å²) in [7, 11) is 0. The van der Waals surface area contributed by atoms with Gasteiger partial charge in [-0.25, -0.2) is 4.79 Å². The Kier molecular flexibility index (Phi) is 4.80. The minimum atomic E-state index is -0.446. The van der Waals surface area contributed by atoms with Crippen molar-refractivity contribution in [3.8, 4) is 12.3 Å². The summed E-state index contributed by atoms with van der Waals surface area (Å²) >= 11 is 0. The van der Waals surface area contributed by atoms with Crippen molar-refractivity contribution in [3.05, 3.63) is 24.8 Å². The van der Waals surface area contributed by atoms with E-state index in [9.17, 15) is 4.79 Å². The van der Waals surface area contributed by atoms with E-state index in [1.165, 1.54) is 18.2 Å². The van der Waals surface area contributed by atoms with E-state index in [0.29, 0.717) is 0 Å². The smallest absolute Gasteiger partial charge is 0.331 e. The number of rotatable bonds is 3. The molecule has 0 atom stereocenters. The third-order valence-corrected chi connectivity index (χ3v) is 0.666. The van der Waals surface area contributed by atoms with E-state index in [1.807, 2.05) is 0 Å². The van der Waals surface area contributed by atoms with Crippen LogP contribution >= 0.6 is 0 Å². The minimum Gasteiger partial charge on any atom is -0.449 e. The van der Waals surface area contributed by atoms with E-state index in [4.69, 9.17) is 6.42 Å². The molecule has 0 bridgehead atoms. The molecule has 2 nitrogen and oxygen atoms in total. The number of ether oxygens (including phenoxy) is 1. The monoisotopic (exact) mass is 136 g/mol. The van der Waals surface area contributed by atoms with Gasteiger partial charge in [-0.1, -0.05) is 24.7 Å².